The van der Waals surface area contributed by atoms with Crippen molar-refractivity contribution in [2.24, 2.45) is 69.0 Å². The Kier molecular flexibility index (Phi) is 23.7. The highest BCUT2D eigenvalue weighted by Crippen LogP contribution is 2.59. The predicted molar refractivity (Wildman–Crippen MR) is 428 cm³/mol. The molecule has 14 rings (SSSR count). The molecule has 2 aromatic carbocycles. The maximum Gasteiger partial charge on any atom is 0.240 e. The van der Waals surface area contributed by atoms with Gasteiger partial charge in [0.05, 0.1) is 71.0 Å². The molecule has 10 aliphatic rings. The van der Waals surface area contributed by atoms with Gasteiger partial charge in [-0.15, -0.1) is 0 Å². The molecule has 112 heavy (non-hydrogen) atoms. The Hall–Kier alpha value is -8.00. The Morgan fingerprint density at radius 2 is 0.920 bits per heavy atom. The van der Waals surface area contributed by atoms with E-state index in [-0.39, 0.29) is 133 Å². The average molecular weight is 1580 g/mol. The lowest BCUT2D eigenvalue weighted by molar-refractivity contribution is -0.145. The third-order valence-corrected chi connectivity index (χ3v) is 28.7. The number of carbonyl (C=O) groups excluding carboxylic acids is 8. The highest BCUT2D eigenvalue weighted by Gasteiger charge is 2.64. The van der Waals surface area contributed by atoms with E-state index in [2.05, 4.69) is 43.1 Å². The van der Waals surface area contributed by atoms with E-state index in [1.807, 2.05) is 130 Å². The Morgan fingerprint density at radius 3 is 1.29 bits per heavy atom. The molecule has 608 valence electrons. The van der Waals surface area contributed by atoms with Crippen LogP contribution in [0, 0.1) is 69.0 Å². The van der Waals surface area contributed by atoms with E-state index < -0.39 is 89.3 Å². The second-order valence-corrected chi connectivity index (χ2v) is 41.1. The number of Topliss-reactive ketones (excluding diaryl/α,β-unsaturated/α-hetero) is 4. The van der Waals surface area contributed by atoms with Crippen LogP contribution in [0.1, 0.15) is 198 Å². The third-order valence-electron chi connectivity index (χ3n) is 25.1. The number of pyridine rings is 2. The average Bonchev–Trinajstić information content (AvgIpc) is 1.58. The van der Waals surface area contributed by atoms with Gasteiger partial charge in [0.25, 0.3) is 0 Å². The van der Waals surface area contributed by atoms with Crippen LogP contribution in [0.25, 0.3) is 21.5 Å². The second-order valence-electron chi connectivity index (χ2n) is 37.1. The molecule has 2 N–H and O–H groups in total. The summed E-state index contributed by atoms with van der Waals surface area (Å²) in [5.74, 6) is -1.85. The molecule has 26 heteroatoms. The Bertz CT molecular complexity index is 4330. The standard InChI is InChI=1S/2C43H58N4O8S/c2*1-26-9-7-8-10-28-22-43(28,41(51)45-56(52,53)31-11-12-31)24-37(49)36-21-30(25-47(36)40(50)34(27(2)19-26)20-29(48)23-42(3,4)5)55-39-33-13-14-35-38(32(33)15-16-44-39)54-18-17-46(35)6/h2*8,10,13-16,26-28,30-31,34,36H,7,9,11-12,17-25H2,1-6H3,(H,45,51)/b2*10-8-/t26-,27+,28+,30+,34-,36-,43+;26-,27-,28-,30-,34+,36+,43-/m01/s1. The van der Waals surface area contributed by atoms with Gasteiger partial charge in [-0.1, -0.05) is 93.5 Å². The van der Waals surface area contributed by atoms with E-state index in [0.29, 0.717) is 76.3 Å². The molecule has 4 aliphatic carbocycles. The highest BCUT2D eigenvalue weighted by atomic mass is 32.2. The summed E-state index contributed by atoms with van der Waals surface area (Å²) in [6.45, 7) is 23.3. The van der Waals surface area contributed by atoms with E-state index >= 15 is 0 Å². The van der Waals surface area contributed by atoms with Crippen molar-refractivity contribution in [3.05, 3.63) is 73.1 Å². The zero-order valence-electron chi connectivity index (χ0n) is 67.4. The lowest BCUT2D eigenvalue weighted by Crippen LogP contribution is -2.47. The molecule has 0 bridgehead atoms. The van der Waals surface area contributed by atoms with Crippen LogP contribution in [0.3, 0.4) is 0 Å². The smallest absolute Gasteiger partial charge is 0.240 e. The van der Waals surface area contributed by atoms with Crippen LogP contribution in [0.2, 0.25) is 0 Å². The van der Waals surface area contributed by atoms with E-state index in [1.54, 1.807) is 22.2 Å². The normalized spacial score (nSPS) is 30.6. The molecule has 4 saturated carbocycles. The summed E-state index contributed by atoms with van der Waals surface area (Å²) in [7, 11) is -3.65. The van der Waals surface area contributed by atoms with E-state index in [4.69, 9.17) is 18.9 Å². The van der Waals surface area contributed by atoms with Gasteiger partial charge in [-0.2, -0.15) is 0 Å². The monoisotopic (exact) mass is 1580 g/mol. The van der Waals surface area contributed by atoms with Crippen LogP contribution in [-0.2, 0) is 58.4 Å². The number of nitrogens with zero attached hydrogens (tertiary/aromatic N) is 6. The van der Waals surface area contributed by atoms with Crippen molar-refractivity contribution >= 4 is 99.7 Å². The van der Waals surface area contributed by atoms with Crippen LogP contribution in [0.15, 0.2) is 73.1 Å². The van der Waals surface area contributed by atoms with Crippen LogP contribution in [-0.4, -0.2) is 172 Å². The molecule has 6 fully saturated rings. The number of sulfonamides is 2. The summed E-state index contributed by atoms with van der Waals surface area (Å²) in [5, 5.41) is 2.02. The molecule has 2 saturated heterocycles. The fourth-order valence-corrected chi connectivity index (χ4v) is 21.2. The van der Waals surface area contributed by atoms with Gasteiger partial charge in [-0.05, 0) is 160 Å². The number of allylic oxidation sites excluding steroid dienone is 4. The quantitative estimate of drug-likeness (QED) is 0.0985. The zero-order chi connectivity index (χ0) is 80.3. The SMILES string of the molecule is C[C@@H]1CC/C=C\[C@@H]2C[C@@]2(C(=O)NS(=O)(=O)C2CC2)CC(=O)[C@@H]2C[C@@H](Oc3nccc4c5c(ccc34)N(C)CCO5)CN2C(=O)[C@@H](CC(=O)CC(C)(C)C)[C@H](C)C1.C[C@H]1CC/C=C\[C@@H]2C[C@@]2(C(=O)NS(=O)(=O)C2CC2)CC(=O)[C@@H]2C[C@@H](Oc3nccc4c5c(ccc34)N(C)CCO5)CN2C(=O)[C@@H](CC(=O)CC(C)(C)C)[C@H](C)C1. The number of aromatic nitrogens is 2. The zero-order valence-corrected chi connectivity index (χ0v) is 69.1. The summed E-state index contributed by atoms with van der Waals surface area (Å²) in [4.78, 5) is 131. The molecule has 6 aliphatic heterocycles. The number of benzene rings is 2. The van der Waals surface area contributed by atoms with Crippen LogP contribution in [0.4, 0.5) is 11.4 Å². The minimum Gasteiger partial charge on any atom is -0.489 e. The minimum atomic E-state index is -3.84. The number of rotatable bonds is 16. The highest BCUT2D eigenvalue weighted by molar-refractivity contribution is 7.91. The maximum atomic E-state index is 15.0. The fraction of sp³-hybridized carbons (Fsp3) is 0.651. The summed E-state index contributed by atoms with van der Waals surface area (Å²) >= 11 is 0. The first kappa shape index (κ1) is 82.0. The first-order valence-corrected chi connectivity index (χ1v) is 44.0. The number of hydrogen-bond acceptors (Lipinski definition) is 20. The lowest BCUT2D eigenvalue weighted by atomic mass is 9.79. The predicted octanol–water partition coefficient (Wildman–Crippen LogP) is 12.0. The Balaban J connectivity index is 0.000000196. The first-order valence-electron chi connectivity index (χ1n) is 40.9. The molecule has 14 atom stereocenters. The summed E-state index contributed by atoms with van der Waals surface area (Å²) < 4.78 is 81.9. The Labute approximate surface area is 660 Å². The molecule has 0 unspecified atom stereocenters. The number of ether oxygens (including phenoxy) is 4. The number of fused-ring (bicyclic) bond motifs is 10. The van der Waals surface area contributed by atoms with E-state index in [0.717, 1.165) is 96.0 Å². The molecule has 4 aromatic rings. The van der Waals surface area contributed by atoms with Gasteiger partial charge in [-0.3, -0.25) is 47.8 Å². The van der Waals surface area contributed by atoms with Gasteiger partial charge in [-0.25, -0.2) is 26.8 Å². The van der Waals surface area contributed by atoms with Crippen molar-refractivity contribution in [3.8, 4) is 23.3 Å². The molecule has 0 radical (unpaired) electrons. The van der Waals surface area contributed by atoms with Gasteiger partial charge >= 0.3 is 0 Å². The molecule has 8 heterocycles. The number of anilines is 2. The van der Waals surface area contributed by atoms with Crippen molar-refractivity contribution in [1.82, 2.24) is 29.2 Å². The van der Waals surface area contributed by atoms with Crippen molar-refractivity contribution in [1.29, 1.82) is 0 Å². The first-order chi connectivity index (χ1) is 52.9. The van der Waals surface area contributed by atoms with Crippen molar-refractivity contribution in [2.75, 3.05) is 63.3 Å². The molecular weight excluding hydrogens is 1470 g/mol. The van der Waals surface area contributed by atoms with Crippen molar-refractivity contribution < 1.29 is 74.1 Å². The summed E-state index contributed by atoms with van der Waals surface area (Å²) in [6, 6.07) is 9.77. The largest absolute Gasteiger partial charge is 0.489 e. The van der Waals surface area contributed by atoms with Crippen molar-refractivity contribution in [2.45, 2.75) is 232 Å². The van der Waals surface area contributed by atoms with Gasteiger partial charge in [0.1, 0.15) is 37.0 Å². The van der Waals surface area contributed by atoms with E-state index in [1.165, 1.54) is 0 Å². The van der Waals surface area contributed by atoms with Crippen LogP contribution in [0.5, 0.6) is 23.3 Å². The molecule has 2 aromatic heterocycles. The molecular formula is C86H116N8O16S2. The lowest BCUT2D eigenvalue weighted by Gasteiger charge is -2.32. The molecule has 0 spiro atoms. The number of ketones is 4. The Morgan fingerprint density at radius 1 is 0.536 bits per heavy atom. The van der Waals surface area contributed by atoms with Gasteiger partial charge in [0.2, 0.25) is 55.4 Å². The van der Waals surface area contributed by atoms with Gasteiger partial charge in [0.15, 0.2) is 23.1 Å². The topological polar surface area (TPSA) is 305 Å². The van der Waals surface area contributed by atoms with Crippen LogP contribution >= 0.6 is 0 Å². The maximum absolute atomic E-state index is 15.0. The number of nitrogens with one attached hydrogen (secondary N) is 2. The van der Waals surface area contributed by atoms with Gasteiger partial charge < -0.3 is 38.5 Å². The van der Waals surface area contributed by atoms with Gasteiger partial charge in [0, 0.05) is 111 Å². The summed E-state index contributed by atoms with van der Waals surface area (Å²) in [5.41, 5.74) is -1.02. The van der Waals surface area contributed by atoms with Crippen molar-refractivity contribution in [3.63, 3.8) is 0 Å². The third kappa shape index (κ3) is 18.4. The number of carbonyl (C=O) groups is 8. The summed E-state index contributed by atoms with van der Waals surface area (Å²) in [6.07, 6.45) is 18.2. The van der Waals surface area contributed by atoms with E-state index in [9.17, 15) is 55.2 Å². The number of amides is 4. The number of hydrogen-bond donors (Lipinski definition) is 2. The molecule has 24 nitrogen and oxygen atoms in total. The fourth-order valence-electron chi connectivity index (χ4n) is 18.4. The number of likely N-dealkylation sites (N-methyl/N-ethyl adjacent to an activating group) is 2. The molecule has 4 amide bonds. The second kappa shape index (κ2) is 32.4. The van der Waals surface area contributed by atoms with Crippen LogP contribution < -0.4 is 38.2 Å². The minimum absolute atomic E-state index is 0.00976.